The molecule has 1 aromatic rings. The molecule has 0 bridgehead atoms. The predicted molar refractivity (Wildman–Crippen MR) is 89.4 cm³/mol. The Morgan fingerprint density at radius 2 is 1.83 bits per heavy atom. The summed E-state index contributed by atoms with van der Waals surface area (Å²) in [5, 5.41) is 0. The summed E-state index contributed by atoms with van der Waals surface area (Å²) in [6.45, 7) is 8.58. The highest BCUT2D eigenvalue weighted by Crippen LogP contribution is 2.19. The van der Waals surface area contributed by atoms with Gasteiger partial charge in [0, 0.05) is 32.9 Å². The summed E-state index contributed by atoms with van der Waals surface area (Å²) in [4.78, 5) is 24.2. The first-order valence-corrected chi connectivity index (χ1v) is 8.03. The number of nitrogens with zero attached hydrogens (tertiary/aromatic N) is 1. The Morgan fingerprint density at radius 3 is 2.43 bits per heavy atom. The number of carbonyl (C=O) groups is 2. The molecule has 0 atom stereocenters. The van der Waals surface area contributed by atoms with Gasteiger partial charge in [-0.3, -0.25) is 9.59 Å². The van der Waals surface area contributed by atoms with E-state index in [0.717, 1.165) is 17.7 Å². The van der Waals surface area contributed by atoms with Crippen LogP contribution in [0.25, 0.3) is 0 Å². The Kier molecular flexibility index (Phi) is 8.16. The van der Waals surface area contributed by atoms with Crippen LogP contribution in [0.4, 0.5) is 0 Å². The monoisotopic (exact) mass is 321 g/mol. The molecule has 5 nitrogen and oxygen atoms in total. The van der Waals surface area contributed by atoms with Crippen LogP contribution in [0.15, 0.2) is 24.3 Å². The zero-order valence-electron chi connectivity index (χ0n) is 14.5. The standard InChI is InChI=1S/C18H27NO4/c1-14(2)19(15(3)20)11-7-12-23-18-9-6-5-8-17(18)10-13-22-16(4)21/h5-6,8-9,14H,7,10-13H2,1-4H3. The second-order valence-electron chi connectivity index (χ2n) is 5.71. The molecule has 0 N–H and O–H groups in total. The number of amides is 1. The summed E-state index contributed by atoms with van der Waals surface area (Å²) in [6.07, 6.45) is 1.40. The number of carbonyl (C=O) groups excluding carboxylic acids is 2. The molecule has 1 aromatic carbocycles. The molecule has 0 fully saturated rings. The maximum Gasteiger partial charge on any atom is 0.302 e. The van der Waals surface area contributed by atoms with Crippen LogP contribution in [0, 0.1) is 0 Å². The van der Waals surface area contributed by atoms with Gasteiger partial charge in [-0.15, -0.1) is 0 Å². The van der Waals surface area contributed by atoms with Crippen molar-refractivity contribution in [1.82, 2.24) is 4.90 Å². The lowest BCUT2D eigenvalue weighted by molar-refractivity contribution is -0.140. The maximum absolute atomic E-state index is 11.5. The lowest BCUT2D eigenvalue weighted by atomic mass is 10.1. The van der Waals surface area contributed by atoms with E-state index in [1.165, 1.54) is 6.92 Å². The number of benzene rings is 1. The zero-order chi connectivity index (χ0) is 17.2. The van der Waals surface area contributed by atoms with Gasteiger partial charge in [0.2, 0.25) is 5.91 Å². The number of ether oxygens (including phenoxy) is 2. The van der Waals surface area contributed by atoms with Crippen LogP contribution in [-0.4, -0.2) is 42.6 Å². The maximum atomic E-state index is 11.5. The smallest absolute Gasteiger partial charge is 0.302 e. The topological polar surface area (TPSA) is 55.8 Å². The van der Waals surface area contributed by atoms with E-state index in [9.17, 15) is 9.59 Å². The molecule has 0 unspecified atom stereocenters. The van der Waals surface area contributed by atoms with E-state index in [0.29, 0.717) is 26.2 Å². The van der Waals surface area contributed by atoms with Gasteiger partial charge >= 0.3 is 5.97 Å². The summed E-state index contributed by atoms with van der Waals surface area (Å²) in [5.74, 6) is 0.613. The van der Waals surface area contributed by atoms with Crippen LogP contribution >= 0.6 is 0 Å². The number of rotatable bonds is 9. The molecule has 0 radical (unpaired) electrons. The van der Waals surface area contributed by atoms with Gasteiger partial charge < -0.3 is 14.4 Å². The van der Waals surface area contributed by atoms with Gasteiger partial charge in [0.1, 0.15) is 5.75 Å². The van der Waals surface area contributed by atoms with Crippen LogP contribution in [0.3, 0.4) is 0 Å². The van der Waals surface area contributed by atoms with Crippen molar-refractivity contribution in [2.45, 2.75) is 46.6 Å². The highest BCUT2D eigenvalue weighted by molar-refractivity contribution is 5.73. The fourth-order valence-electron chi connectivity index (χ4n) is 2.35. The number of para-hydroxylation sites is 1. The molecule has 0 spiro atoms. The van der Waals surface area contributed by atoms with Gasteiger partial charge in [-0.2, -0.15) is 0 Å². The van der Waals surface area contributed by atoms with Crippen LogP contribution in [-0.2, 0) is 20.7 Å². The first-order valence-electron chi connectivity index (χ1n) is 8.03. The molecule has 0 aliphatic heterocycles. The van der Waals surface area contributed by atoms with Crippen LogP contribution in [0.1, 0.15) is 39.7 Å². The minimum Gasteiger partial charge on any atom is -0.493 e. The first-order chi connectivity index (χ1) is 10.9. The average molecular weight is 321 g/mol. The van der Waals surface area contributed by atoms with E-state index in [-0.39, 0.29) is 17.9 Å². The molecule has 0 aromatic heterocycles. The third-order valence-corrected chi connectivity index (χ3v) is 3.48. The van der Waals surface area contributed by atoms with Crippen molar-refractivity contribution >= 4 is 11.9 Å². The van der Waals surface area contributed by atoms with Gasteiger partial charge in [0.05, 0.1) is 13.2 Å². The second kappa shape index (κ2) is 9.87. The predicted octanol–water partition coefficient (Wildman–Crippen LogP) is 2.82. The first kappa shape index (κ1) is 19.0. The second-order valence-corrected chi connectivity index (χ2v) is 5.71. The molecule has 1 amide bonds. The van der Waals surface area contributed by atoms with Crippen molar-refractivity contribution in [3.8, 4) is 5.75 Å². The summed E-state index contributed by atoms with van der Waals surface area (Å²) in [5.41, 5.74) is 1.01. The van der Waals surface area contributed by atoms with Gasteiger partial charge in [0.25, 0.3) is 0 Å². The minimum absolute atomic E-state index is 0.0850. The SMILES string of the molecule is CC(=O)OCCc1ccccc1OCCCN(C(C)=O)C(C)C. The van der Waals surface area contributed by atoms with Gasteiger partial charge in [-0.05, 0) is 31.9 Å². The molecule has 0 saturated carbocycles. The third-order valence-electron chi connectivity index (χ3n) is 3.48. The number of hydrogen-bond donors (Lipinski definition) is 0. The van der Waals surface area contributed by atoms with Crippen molar-refractivity contribution in [1.29, 1.82) is 0 Å². The van der Waals surface area contributed by atoms with Crippen LogP contribution in [0.2, 0.25) is 0 Å². The highest BCUT2D eigenvalue weighted by atomic mass is 16.5. The lowest BCUT2D eigenvalue weighted by Crippen LogP contribution is -2.36. The normalized spacial score (nSPS) is 10.5. The molecule has 23 heavy (non-hydrogen) atoms. The Bertz CT molecular complexity index is 513. The Hall–Kier alpha value is -2.04. The number of hydrogen-bond acceptors (Lipinski definition) is 4. The molecule has 0 heterocycles. The van der Waals surface area contributed by atoms with Crippen molar-refractivity contribution in [2.24, 2.45) is 0 Å². The van der Waals surface area contributed by atoms with Gasteiger partial charge in [-0.1, -0.05) is 18.2 Å². The molecule has 1 rings (SSSR count). The average Bonchev–Trinajstić information content (AvgIpc) is 2.47. The van der Waals surface area contributed by atoms with Crippen molar-refractivity contribution in [3.05, 3.63) is 29.8 Å². The summed E-state index contributed by atoms with van der Waals surface area (Å²) in [6, 6.07) is 7.93. The van der Waals surface area contributed by atoms with Crippen molar-refractivity contribution in [3.63, 3.8) is 0 Å². The zero-order valence-corrected chi connectivity index (χ0v) is 14.5. The van der Waals surface area contributed by atoms with E-state index in [1.54, 1.807) is 6.92 Å². The molecule has 128 valence electrons. The van der Waals surface area contributed by atoms with Gasteiger partial charge in [0.15, 0.2) is 0 Å². The Balaban J connectivity index is 2.45. The largest absolute Gasteiger partial charge is 0.493 e. The Morgan fingerprint density at radius 1 is 1.13 bits per heavy atom. The summed E-state index contributed by atoms with van der Waals surface area (Å²) < 4.78 is 10.8. The minimum atomic E-state index is -0.276. The van der Waals surface area contributed by atoms with Crippen molar-refractivity contribution < 1.29 is 19.1 Å². The third kappa shape index (κ3) is 7.17. The molecule has 0 aliphatic carbocycles. The number of esters is 1. The molecule has 0 saturated heterocycles. The summed E-state index contributed by atoms with van der Waals surface area (Å²) in [7, 11) is 0. The quantitative estimate of drug-likeness (QED) is 0.518. The van der Waals surface area contributed by atoms with E-state index in [1.807, 2.05) is 43.0 Å². The fraction of sp³-hybridized carbons (Fsp3) is 0.556. The Labute approximate surface area is 138 Å². The highest BCUT2D eigenvalue weighted by Gasteiger charge is 2.12. The molecule has 0 aliphatic rings. The van der Waals surface area contributed by atoms with E-state index in [4.69, 9.17) is 9.47 Å². The van der Waals surface area contributed by atoms with E-state index in [2.05, 4.69) is 0 Å². The van der Waals surface area contributed by atoms with E-state index >= 15 is 0 Å². The fourth-order valence-corrected chi connectivity index (χ4v) is 2.35. The van der Waals surface area contributed by atoms with Crippen LogP contribution < -0.4 is 4.74 Å². The van der Waals surface area contributed by atoms with Crippen molar-refractivity contribution in [2.75, 3.05) is 19.8 Å². The van der Waals surface area contributed by atoms with E-state index < -0.39 is 0 Å². The summed E-state index contributed by atoms with van der Waals surface area (Å²) >= 11 is 0. The van der Waals surface area contributed by atoms with Crippen LogP contribution in [0.5, 0.6) is 5.75 Å². The molecular formula is C18H27NO4. The molecule has 5 heteroatoms. The lowest BCUT2D eigenvalue weighted by Gasteiger charge is -2.25. The van der Waals surface area contributed by atoms with Gasteiger partial charge in [-0.25, -0.2) is 0 Å². The molecular weight excluding hydrogens is 294 g/mol.